The van der Waals surface area contributed by atoms with E-state index in [4.69, 9.17) is 5.73 Å². The summed E-state index contributed by atoms with van der Waals surface area (Å²) in [5, 5.41) is 0. The molecule has 5 rings (SSSR count). The summed E-state index contributed by atoms with van der Waals surface area (Å²) in [5.41, 5.74) is 15.1. The monoisotopic (exact) mass is 335 g/mol. The summed E-state index contributed by atoms with van der Waals surface area (Å²) >= 11 is 0. The van der Waals surface area contributed by atoms with Crippen LogP contribution in [-0.4, -0.2) is 0 Å². The van der Waals surface area contributed by atoms with Gasteiger partial charge in [-0.2, -0.15) is 0 Å². The fourth-order valence-corrected chi connectivity index (χ4v) is 4.77. The van der Waals surface area contributed by atoms with Gasteiger partial charge in [-0.3, -0.25) is 0 Å². The zero-order valence-electron chi connectivity index (χ0n) is 14.7. The Balaban J connectivity index is 1.96. The average molecular weight is 335 g/mol. The summed E-state index contributed by atoms with van der Waals surface area (Å²) in [7, 11) is 0. The fourth-order valence-electron chi connectivity index (χ4n) is 4.77. The Hall–Kier alpha value is -3.06. The summed E-state index contributed by atoms with van der Waals surface area (Å²) in [6, 6.07) is 30.5. The first-order chi connectivity index (χ1) is 12.8. The van der Waals surface area contributed by atoms with E-state index in [9.17, 15) is 0 Å². The number of hydrogen-bond donors (Lipinski definition) is 1. The van der Waals surface area contributed by atoms with E-state index in [0.29, 0.717) is 0 Å². The minimum Gasteiger partial charge on any atom is -0.402 e. The van der Waals surface area contributed by atoms with Gasteiger partial charge in [-0.05, 0) is 40.7 Å². The summed E-state index contributed by atoms with van der Waals surface area (Å²) in [6.45, 7) is 0. The molecule has 2 N–H and O–H groups in total. The topological polar surface area (TPSA) is 26.0 Å². The van der Waals surface area contributed by atoms with Gasteiger partial charge in [-0.1, -0.05) is 91.0 Å². The van der Waals surface area contributed by atoms with Crippen LogP contribution >= 0.6 is 0 Å². The molecule has 0 unspecified atom stereocenters. The Kier molecular flexibility index (Phi) is 3.36. The van der Waals surface area contributed by atoms with Gasteiger partial charge in [0.2, 0.25) is 0 Å². The molecule has 0 heterocycles. The van der Waals surface area contributed by atoms with Crippen LogP contribution in [0.4, 0.5) is 0 Å². The van der Waals surface area contributed by atoms with E-state index >= 15 is 0 Å². The van der Waals surface area contributed by atoms with E-state index < -0.39 is 0 Å². The van der Waals surface area contributed by atoms with Gasteiger partial charge in [0.1, 0.15) is 0 Å². The number of rotatable bonds is 2. The van der Waals surface area contributed by atoms with Crippen LogP contribution in [0.5, 0.6) is 0 Å². The van der Waals surface area contributed by atoms with Crippen molar-refractivity contribution >= 4 is 5.57 Å². The maximum atomic E-state index is 6.55. The lowest BCUT2D eigenvalue weighted by atomic mass is 9.66. The minimum atomic E-state index is -0.292. The van der Waals surface area contributed by atoms with Crippen LogP contribution in [-0.2, 0) is 5.41 Å². The van der Waals surface area contributed by atoms with Crippen molar-refractivity contribution in [1.82, 2.24) is 0 Å². The summed E-state index contributed by atoms with van der Waals surface area (Å²) in [4.78, 5) is 0. The molecule has 3 aromatic carbocycles. The van der Waals surface area contributed by atoms with Crippen LogP contribution in [0.25, 0.3) is 5.57 Å². The van der Waals surface area contributed by atoms with Crippen LogP contribution in [0.3, 0.4) is 0 Å². The second-order valence-electron chi connectivity index (χ2n) is 7.08. The van der Waals surface area contributed by atoms with Gasteiger partial charge in [0.15, 0.2) is 0 Å². The Morgan fingerprint density at radius 3 is 1.92 bits per heavy atom. The lowest BCUT2D eigenvalue weighted by molar-refractivity contribution is 0.754. The smallest absolute Gasteiger partial charge is 0.0711 e. The van der Waals surface area contributed by atoms with Gasteiger partial charge < -0.3 is 5.73 Å². The maximum absolute atomic E-state index is 6.55. The Morgan fingerprint density at radius 2 is 1.27 bits per heavy atom. The lowest BCUT2D eigenvalue weighted by Crippen LogP contribution is -2.29. The van der Waals surface area contributed by atoms with E-state index in [0.717, 1.165) is 18.5 Å². The first-order valence-corrected chi connectivity index (χ1v) is 9.24. The number of benzene rings is 3. The zero-order chi connectivity index (χ0) is 17.6. The van der Waals surface area contributed by atoms with Gasteiger partial charge in [0, 0.05) is 11.3 Å². The predicted octanol–water partition coefficient (Wildman–Crippen LogP) is 5.42. The summed E-state index contributed by atoms with van der Waals surface area (Å²) in [5.74, 6) is 0. The molecule has 2 aliphatic carbocycles. The average Bonchev–Trinajstić information content (AvgIpc) is 3.02. The molecule has 0 saturated carbocycles. The molecule has 0 spiro atoms. The third kappa shape index (κ3) is 1.91. The molecule has 0 atom stereocenters. The molecule has 0 amide bonds. The molecule has 1 heteroatoms. The maximum Gasteiger partial charge on any atom is 0.0711 e. The summed E-state index contributed by atoms with van der Waals surface area (Å²) < 4.78 is 0. The molecule has 0 aliphatic heterocycles. The molecule has 0 radical (unpaired) electrons. The molecule has 0 fully saturated rings. The highest BCUT2D eigenvalue weighted by molar-refractivity contribution is 5.95. The van der Waals surface area contributed by atoms with Crippen molar-refractivity contribution in [2.45, 2.75) is 18.3 Å². The van der Waals surface area contributed by atoms with E-state index in [1.807, 2.05) is 0 Å². The summed E-state index contributed by atoms with van der Waals surface area (Å²) in [6.07, 6.45) is 4.35. The Morgan fingerprint density at radius 1 is 0.692 bits per heavy atom. The van der Waals surface area contributed by atoms with Gasteiger partial charge in [-0.15, -0.1) is 0 Å². The first kappa shape index (κ1) is 15.2. The molecule has 126 valence electrons. The molecule has 0 aromatic heterocycles. The normalized spacial score (nSPS) is 17.5. The predicted molar refractivity (Wildman–Crippen MR) is 108 cm³/mol. The number of hydrogen-bond acceptors (Lipinski definition) is 1. The highest BCUT2D eigenvalue weighted by Gasteiger charge is 2.49. The molecular formula is C25H21N. The third-order valence-corrected chi connectivity index (χ3v) is 5.77. The first-order valence-electron chi connectivity index (χ1n) is 9.24. The van der Waals surface area contributed by atoms with Crippen LogP contribution in [0, 0.1) is 0 Å². The fraction of sp³-hybridized carbons (Fsp3) is 0.120. The highest BCUT2D eigenvalue weighted by atomic mass is 14.6. The SMILES string of the molecule is NC1=C2C(=CCC1)C(c1ccccc1)(c1ccccc1)c1ccccc12. The third-order valence-electron chi connectivity index (χ3n) is 5.77. The lowest BCUT2D eigenvalue weighted by Gasteiger charge is -2.35. The van der Waals surface area contributed by atoms with E-state index in [2.05, 4.69) is 91.0 Å². The molecule has 3 aromatic rings. The van der Waals surface area contributed by atoms with Crippen molar-refractivity contribution in [2.75, 3.05) is 0 Å². The Labute approximate surface area is 154 Å². The van der Waals surface area contributed by atoms with Crippen LogP contribution in [0.2, 0.25) is 0 Å². The van der Waals surface area contributed by atoms with Gasteiger partial charge in [-0.25, -0.2) is 0 Å². The molecular weight excluding hydrogens is 314 g/mol. The van der Waals surface area contributed by atoms with Gasteiger partial charge in [0.25, 0.3) is 0 Å². The number of fused-ring (bicyclic) bond motifs is 3. The second kappa shape index (κ2) is 5.74. The minimum absolute atomic E-state index is 0.292. The van der Waals surface area contributed by atoms with Crippen LogP contribution < -0.4 is 5.73 Å². The molecule has 1 nitrogen and oxygen atoms in total. The van der Waals surface area contributed by atoms with Crippen LogP contribution in [0.15, 0.2) is 102 Å². The van der Waals surface area contributed by atoms with Crippen molar-refractivity contribution in [3.8, 4) is 0 Å². The highest BCUT2D eigenvalue weighted by Crippen LogP contribution is 2.58. The number of allylic oxidation sites excluding steroid dienone is 4. The zero-order valence-corrected chi connectivity index (χ0v) is 14.7. The molecule has 0 saturated heterocycles. The van der Waals surface area contributed by atoms with Crippen molar-refractivity contribution in [3.05, 3.63) is 125 Å². The van der Waals surface area contributed by atoms with Crippen molar-refractivity contribution < 1.29 is 0 Å². The van der Waals surface area contributed by atoms with Crippen molar-refractivity contribution in [2.24, 2.45) is 5.73 Å². The second-order valence-corrected chi connectivity index (χ2v) is 7.08. The Bertz CT molecular complexity index is 987. The van der Waals surface area contributed by atoms with E-state index in [1.54, 1.807) is 0 Å². The van der Waals surface area contributed by atoms with E-state index in [-0.39, 0.29) is 5.41 Å². The van der Waals surface area contributed by atoms with Gasteiger partial charge in [0.05, 0.1) is 5.41 Å². The molecule has 26 heavy (non-hydrogen) atoms. The molecule has 0 bridgehead atoms. The number of nitrogens with two attached hydrogens (primary N) is 1. The van der Waals surface area contributed by atoms with E-state index in [1.165, 1.54) is 33.4 Å². The largest absolute Gasteiger partial charge is 0.402 e. The van der Waals surface area contributed by atoms with Crippen molar-refractivity contribution in [3.63, 3.8) is 0 Å². The standard InChI is InChI=1S/C25H21N/c26-23-17-9-16-22-24(23)20-14-7-8-15-21(20)25(22,18-10-3-1-4-11-18)19-12-5-2-6-13-19/h1-8,10-16H,9,17,26H2. The van der Waals surface area contributed by atoms with Gasteiger partial charge >= 0.3 is 0 Å². The molecule has 2 aliphatic rings. The van der Waals surface area contributed by atoms with Crippen LogP contribution in [0.1, 0.15) is 35.1 Å². The van der Waals surface area contributed by atoms with Crippen molar-refractivity contribution in [1.29, 1.82) is 0 Å². The quantitative estimate of drug-likeness (QED) is 0.664.